The third-order valence-corrected chi connectivity index (χ3v) is 4.25. The Hall–Kier alpha value is -2.77. The number of Topliss-reactive ketones (excluding diaryl/α,β-unsaturated/α-hetero) is 1. The molecular formula is C16H20N4O4. The van der Waals surface area contributed by atoms with Gasteiger partial charge >= 0.3 is 0 Å². The van der Waals surface area contributed by atoms with E-state index in [9.17, 15) is 4.79 Å². The summed E-state index contributed by atoms with van der Waals surface area (Å²) in [5, 5.41) is 10.4. The quantitative estimate of drug-likeness (QED) is 0.854. The first kappa shape index (κ1) is 16.1. The molecule has 128 valence electrons. The number of anilines is 2. The van der Waals surface area contributed by atoms with Crippen LogP contribution in [0.3, 0.4) is 0 Å². The van der Waals surface area contributed by atoms with E-state index in [1.807, 2.05) is 18.2 Å². The fraction of sp³-hybridized carbons (Fsp3) is 0.438. The predicted molar refractivity (Wildman–Crippen MR) is 87.3 cm³/mol. The van der Waals surface area contributed by atoms with E-state index in [1.54, 1.807) is 14.2 Å². The van der Waals surface area contributed by atoms with Crippen LogP contribution in [0.1, 0.15) is 30.7 Å². The Balaban J connectivity index is 1.81. The van der Waals surface area contributed by atoms with Gasteiger partial charge in [0.05, 0.1) is 14.2 Å². The van der Waals surface area contributed by atoms with Crippen LogP contribution in [0.15, 0.2) is 22.8 Å². The van der Waals surface area contributed by atoms with Gasteiger partial charge in [-0.25, -0.2) is 4.63 Å². The van der Waals surface area contributed by atoms with E-state index in [1.165, 1.54) is 0 Å². The van der Waals surface area contributed by atoms with Crippen LogP contribution < -0.4 is 20.5 Å². The normalized spacial score (nSPS) is 20.7. The number of ketones is 1. The summed E-state index contributed by atoms with van der Waals surface area (Å²) in [7, 11) is 3.22. The van der Waals surface area contributed by atoms with Gasteiger partial charge in [-0.1, -0.05) is 6.07 Å². The number of nitrogens with zero attached hydrogens (tertiary/aromatic N) is 2. The van der Waals surface area contributed by atoms with Crippen molar-refractivity contribution in [1.29, 1.82) is 0 Å². The van der Waals surface area contributed by atoms with E-state index in [4.69, 9.17) is 15.2 Å². The SMILES string of the molecule is COc1ccc([C@@H]2CC(=O)C[C@H](Nc3nonc3N)C2)c(OC)c1. The molecule has 1 heterocycles. The first-order chi connectivity index (χ1) is 11.6. The van der Waals surface area contributed by atoms with Crippen LogP contribution in [0.25, 0.3) is 0 Å². The number of hydrogen-bond acceptors (Lipinski definition) is 8. The van der Waals surface area contributed by atoms with E-state index in [-0.39, 0.29) is 23.6 Å². The predicted octanol–water partition coefficient (Wildman–Crippen LogP) is 1.99. The number of nitrogens with one attached hydrogen (secondary N) is 1. The van der Waals surface area contributed by atoms with Gasteiger partial charge in [0.2, 0.25) is 11.6 Å². The fourth-order valence-electron chi connectivity index (χ4n) is 3.13. The lowest BCUT2D eigenvalue weighted by molar-refractivity contribution is -0.120. The summed E-state index contributed by atoms with van der Waals surface area (Å²) in [5.41, 5.74) is 6.66. The van der Waals surface area contributed by atoms with Gasteiger partial charge in [-0.3, -0.25) is 4.79 Å². The molecule has 0 unspecified atom stereocenters. The number of carbonyl (C=O) groups excluding carboxylic acids is 1. The average molecular weight is 332 g/mol. The summed E-state index contributed by atoms with van der Waals surface area (Å²) in [4.78, 5) is 12.2. The van der Waals surface area contributed by atoms with Crippen LogP contribution in [0.5, 0.6) is 11.5 Å². The molecular weight excluding hydrogens is 312 g/mol. The number of methoxy groups -OCH3 is 2. The number of ether oxygens (including phenoxy) is 2. The minimum absolute atomic E-state index is 0.0469. The largest absolute Gasteiger partial charge is 0.497 e. The third-order valence-electron chi connectivity index (χ3n) is 4.25. The van der Waals surface area contributed by atoms with Gasteiger partial charge in [-0.15, -0.1) is 0 Å². The molecule has 0 saturated heterocycles. The molecule has 1 fully saturated rings. The van der Waals surface area contributed by atoms with E-state index in [0.29, 0.717) is 24.4 Å². The molecule has 3 N–H and O–H groups in total. The highest BCUT2D eigenvalue weighted by atomic mass is 16.6. The van der Waals surface area contributed by atoms with Crippen LogP contribution in [-0.4, -0.2) is 36.4 Å². The van der Waals surface area contributed by atoms with E-state index < -0.39 is 0 Å². The van der Waals surface area contributed by atoms with Gasteiger partial charge < -0.3 is 20.5 Å². The lowest BCUT2D eigenvalue weighted by atomic mass is 9.80. The smallest absolute Gasteiger partial charge is 0.215 e. The molecule has 8 heteroatoms. The number of nitrogens with two attached hydrogens (primary N) is 1. The highest BCUT2D eigenvalue weighted by molar-refractivity contribution is 5.81. The second-order valence-corrected chi connectivity index (χ2v) is 5.83. The molecule has 0 spiro atoms. The number of aromatic nitrogens is 2. The number of benzene rings is 1. The highest BCUT2D eigenvalue weighted by Gasteiger charge is 2.31. The van der Waals surface area contributed by atoms with E-state index >= 15 is 0 Å². The van der Waals surface area contributed by atoms with Crippen molar-refractivity contribution in [2.75, 3.05) is 25.3 Å². The summed E-state index contributed by atoms with van der Waals surface area (Å²) in [5.74, 6) is 2.22. The number of rotatable bonds is 5. The molecule has 1 aromatic heterocycles. The average Bonchev–Trinajstić information content (AvgIpc) is 2.98. The van der Waals surface area contributed by atoms with Crippen molar-refractivity contribution in [3.8, 4) is 11.5 Å². The lowest BCUT2D eigenvalue weighted by Gasteiger charge is -2.30. The Morgan fingerprint density at radius 3 is 2.75 bits per heavy atom. The zero-order valence-corrected chi connectivity index (χ0v) is 13.6. The molecule has 1 aliphatic carbocycles. The second kappa shape index (κ2) is 6.77. The Kier molecular flexibility index (Phi) is 4.54. The zero-order chi connectivity index (χ0) is 17.1. The topological polar surface area (TPSA) is 112 Å². The van der Waals surface area contributed by atoms with Gasteiger partial charge in [0.25, 0.3) is 0 Å². The Labute approximate surface area is 139 Å². The molecule has 1 aliphatic rings. The number of carbonyl (C=O) groups is 1. The Bertz CT molecular complexity index is 731. The van der Waals surface area contributed by atoms with Crippen LogP contribution in [0, 0.1) is 0 Å². The highest BCUT2D eigenvalue weighted by Crippen LogP contribution is 2.38. The van der Waals surface area contributed by atoms with Gasteiger partial charge in [0, 0.05) is 24.9 Å². The minimum atomic E-state index is -0.0859. The second-order valence-electron chi connectivity index (χ2n) is 5.83. The van der Waals surface area contributed by atoms with E-state index in [2.05, 4.69) is 20.3 Å². The molecule has 2 aromatic rings. The van der Waals surface area contributed by atoms with Gasteiger partial charge in [0.15, 0.2) is 0 Å². The van der Waals surface area contributed by atoms with Crippen molar-refractivity contribution in [3.63, 3.8) is 0 Å². The van der Waals surface area contributed by atoms with Gasteiger partial charge in [-0.05, 0) is 34.3 Å². The number of nitrogen functional groups attached to an aromatic ring is 1. The Morgan fingerprint density at radius 2 is 2.08 bits per heavy atom. The zero-order valence-electron chi connectivity index (χ0n) is 13.6. The van der Waals surface area contributed by atoms with Crippen LogP contribution in [-0.2, 0) is 4.79 Å². The van der Waals surface area contributed by atoms with E-state index in [0.717, 1.165) is 17.7 Å². The summed E-state index contributed by atoms with van der Waals surface area (Å²) in [6.07, 6.45) is 1.65. The molecule has 8 nitrogen and oxygen atoms in total. The molecule has 2 atom stereocenters. The molecule has 0 amide bonds. The molecule has 0 aliphatic heterocycles. The molecule has 1 saturated carbocycles. The van der Waals surface area contributed by atoms with Crippen LogP contribution in [0.2, 0.25) is 0 Å². The van der Waals surface area contributed by atoms with Crippen molar-refractivity contribution in [1.82, 2.24) is 10.3 Å². The molecule has 0 bridgehead atoms. The van der Waals surface area contributed by atoms with Crippen molar-refractivity contribution < 1.29 is 18.9 Å². The maximum absolute atomic E-state index is 12.2. The van der Waals surface area contributed by atoms with Crippen molar-refractivity contribution in [2.45, 2.75) is 31.2 Å². The molecule has 1 aromatic carbocycles. The van der Waals surface area contributed by atoms with Crippen molar-refractivity contribution >= 4 is 17.4 Å². The first-order valence-corrected chi connectivity index (χ1v) is 7.69. The molecule has 0 radical (unpaired) electrons. The standard InChI is InChI=1S/C16H20N4O4/c1-22-12-3-4-13(14(8-12)23-2)9-5-10(7-11(21)6-9)18-16-15(17)19-24-20-16/h3-4,8-10H,5-7H2,1-2H3,(H2,17,19)(H,18,20)/t9-,10+/m0/s1. The van der Waals surface area contributed by atoms with Crippen LogP contribution >= 0.6 is 0 Å². The third kappa shape index (κ3) is 3.27. The summed E-state index contributed by atoms with van der Waals surface area (Å²) in [6, 6.07) is 5.57. The maximum atomic E-state index is 12.2. The fourth-order valence-corrected chi connectivity index (χ4v) is 3.13. The van der Waals surface area contributed by atoms with Crippen LogP contribution in [0.4, 0.5) is 11.6 Å². The number of hydrogen-bond donors (Lipinski definition) is 2. The van der Waals surface area contributed by atoms with Gasteiger partial charge in [0.1, 0.15) is 17.3 Å². The monoisotopic (exact) mass is 332 g/mol. The summed E-state index contributed by atoms with van der Waals surface area (Å²) in [6.45, 7) is 0. The molecule has 24 heavy (non-hydrogen) atoms. The minimum Gasteiger partial charge on any atom is -0.497 e. The summed E-state index contributed by atoms with van der Waals surface area (Å²) >= 11 is 0. The first-order valence-electron chi connectivity index (χ1n) is 7.69. The van der Waals surface area contributed by atoms with Gasteiger partial charge in [-0.2, -0.15) is 0 Å². The van der Waals surface area contributed by atoms with Crippen molar-refractivity contribution in [3.05, 3.63) is 23.8 Å². The molecule has 3 rings (SSSR count). The maximum Gasteiger partial charge on any atom is 0.215 e. The lowest BCUT2D eigenvalue weighted by Crippen LogP contribution is -2.32. The Morgan fingerprint density at radius 1 is 1.25 bits per heavy atom. The van der Waals surface area contributed by atoms with Crippen molar-refractivity contribution in [2.24, 2.45) is 0 Å². The summed E-state index contributed by atoms with van der Waals surface area (Å²) < 4.78 is 15.3.